The predicted molar refractivity (Wildman–Crippen MR) is 130 cm³/mol. The lowest BCUT2D eigenvalue weighted by Gasteiger charge is -2.35. The van der Waals surface area contributed by atoms with Crippen molar-refractivity contribution in [1.82, 2.24) is 25.3 Å². The number of guanidine groups is 1. The lowest BCUT2D eigenvalue weighted by molar-refractivity contribution is -0.0180. The topological polar surface area (TPSA) is 75.6 Å². The van der Waals surface area contributed by atoms with Gasteiger partial charge >= 0.3 is 0 Å². The number of piperazine rings is 1. The molecule has 3 N–H and O–H groups in total. The fourth-order valence-electron chi connectivity index (χ4n) is 4.23. The SMILES string of the molecule is CCNC(=NCC(C)(O)CN1CCOCC1)NCCN1CCN(Cc2ccccc2)CC1. The van der Waals surface area contributed by atoms with Crippen LogP contribution in [0.25, 0.3) is 0 Å². The quantitative estimate of drug-likeness (QED) is 0.356. The minimum Gasteiger partial charge on any atom is -0.387 e. The highest BCUT2D eigenvalue weighted by molar-refractivity contribution is 5.79. The maximum Gasteiger partial charge on any atom is 0.191 e. The standard InChI is InChI=1S/C24H42N6O2/c1-3-25-23(27-20-24(2,31)21-30-15-17-32-18-16-30)26-9-10-28-11-13-29(14-12-28)19-22-7-5-4-6-8-22/h4-8,31H,3,9-21H2,1-2H3,(H2,25,26,27). The van der Waals surface area contributed by atoms with E-state index >= 15 is 0 Å². The lowest BCUT2D eigenvalue weighted by Crippen LogP contribution is -2.49. The number of benzene rings is 1. The van der Waals surface area contributed by atoms with Crippen molar-refractivity contribution in [1.29, 1.82) is 0 Å². The minimum absolute atomic E-state index is 0.373. The van der Waals surface area contributed by atoms with Gasteiger partial charge in [0.2, 0.25) is 0 Å². The molecule has 8 heteroatoms. The highest BCUT2D eigenvalue weighted by atomic mass is 16.5. The van der Waals surface area contributed by atoms with E-state index in [1.54, 1.807) is 0 Å². The summed E-state index contributed by atoms with van der Waals surface area (Å²) in [5.41, 5.74) is 0.535. The Labute approximate surface area is 193 Å². The van der Waals surface area contributed by atoms with Crippen LogP contribution in [-0.2, 0) is 11.3 Å². The number of aliphatic hydroxyl groups is 1. The largest absolute Gasteiger partial charge is 0.387 e. The summed E-state index contributed by atoms with van der Waals surface area (Å²) in [5, 5.41) is 17.5. The van der Waals surface area contributed by atoms with Crippen molar-refractivity contribution >= 4 is 5.96 Å². The third kappa shape index (κ3) is 9.03. The number of nitrogens with zero attached hydrogens (tertiary/aromatic N) is 4. The number of morpholine rings is 1. The molecule has 32 heavy (non-hydrogen) atoms. The van der Waals surface area contributed by atoms with E-state index in [-0.39, 0.29) is 0 Å². The molecule has 0 spiro atoms. The molecular formula is C24H42N6O2. The van der Waals surface area contributed by atoms with Gasteiger partial charge in [0, 0.05) is 72.0 Å². The monoisotopic (exact) mass is 446 g/mol. The van der Waals surface area contributed by atoms with Gasteiger partial charge in [-0.3, -0.25) is 19.7 Å². The Kier molecular flexibility index (Phi) is 10.2. The van der Waals surface area contributed by atoms with Crippen molar-refractivity contribution in [2.24, 2.45) is 4.99 Å². The molecule has 2 heterocycles. The second kappa shape index (κ2) is 13.1. The van der Waals surface area contributed by atoms with Crippen LogP contribution < -0.4 is 10.6 Å². The number of β-amino-alcohol motifs (C(OH)–C–C–N with tert-alkyl or cyclic N) is 1. The van der Waals surface area contributed by atoms with Gasteiger partial charge in [-0.25, -0.2) is 0 Å². The zero-order valence-corrected chi connectivity index (χ0v) is 19.9. The van der Waals surface area contributed by atoms with Gasteiger partial charge in [0.05, 0.1) is 25.4 Å². The van der Waals surface area contributed by atoms with Gasteiger partial charge in [-0.1, -0.05) is 30.3 Å². The molecule has 0 radical (unpaired) electrons. The number of ether oxygens (including phenoxy) is 1. The maximum atomic E-state index is 10.8. The molecule has 180 valence electrons. The van der Waals surface area contributed by atoms with E-state index in [4.69, 9.17) is 4.74 Å². The highest BCUT2D eigenvalue weighted by Crippen LogP contribution is 2.10. The molecule has 3 rings (SSSR count). The summed E-state index contributed by atoms with van der Waals surface area (Å²) in [4.78, 5) is 11.9. The molecule has 1 unspecified atom stereocenters. The molecule has 1 atom stereocenters. The number of hydrogen-bond acceptors (Lipinski definition) is 6. The fraction of sp³-hybridized carbons (Fsp3) is 0.708. The summed E-state index contributed by atoms with van der Waals surface area (Å²) in [5.74, 6) is 0.775. The van der Waals surface area contributed by atoms with Crippen LogP contribution in [0.2, 0.25) is 0 Å². The van der Waals surface area contributed by atoms with Gasteiger partial charge in [0.15, 0.2) is 5.96 Å². The van der Waals surface area contributed by atoms with Crippen LogP contribution in [0.3, 0.4) is 0 Å². The first kappa shape index (κ1) is 24.9. The van der Waals surface area contributed by atoms with Crippen molar-refractivity contribution in [3.05, 3.63) is 35.9 Å². The zero-order valence-electron chi connectivity index (χ0n) is 19.9. The molecule has 0 aromatic heterocycles. The smallest absolute Gasteiger partial charge is 0.191 e. The Morgan fingerprint density at radius 2 is 1.69 bits per heavy atom. The number of hydrogen-bond donors (Lipinski definition) is 3. The molecule has 0 aliphatic carbocycles. The molecule has 1 aromatic carbocycles. The van der Waals surface area contributed by atoms with Gasteiger partial charge in [-0.05, 0) is 19.4 Å². The molecule has 8 nitrogen and oxygen atoms in total. The number of nitrogens with one attached hydrogen (secondary N) is 2. The molecule has 1 aromatic rings. The average molecular weight is 447 g/mol. The van der Waals surface area contributed by atoms with Crippen LogP contribution in [0.4, 0.5) is 0 Å². The maximum absolute atomic E-state index is 10.8. The molecule has 0 bridgehead atoms. The number of aliphatic imine (C=N–C) groups is 1. The van der Waals surface area contributed by atoms with E-state index in [0.29, 0.717) is 13.1 Å². The van der Waals surface area contributed by atoms with Gasteiger partial charge in [-0.2, -0.15) is 0 Å². The molecule has 2 aliphatic heterocycles. The van der Waals surface area contributed by atoms with E-state index in [1.165, 1.54) is 5.56 Å². The minimum atomic E-state index is -0.852. The third-order valence-corrected chi connectivity index (χ3v) is 6.02. The normalized spacial score (nSPS) is 21.3. The van der Waals surface area contributed by atoms with Crippen LogP contribution in [0.1, 0.15) is 19.4 Å². The van der Waals surface area contributed by atoms with Crippen molar-refractivity contribution in [3.63, 3.8) is 0 Å². The Morgan fingerprint density at radius 1 is 1.00 bits per heavy atom. The second-order valence-electron chi connectivity index (χ2n) is 9.11. The summed E-state index contributed by atoms with van der Waals surface area (Å²) in [7, 11) is 0. The first-order valence-corrected chi connectivity index (χ1v) is 12.1. The van der Waals surface area contributed by atoms with Crippen molar-refractivity contribution in [2.75, 3.05) is 85.2 Å². The fourth-order valence-corrected chi connectivity index (χ4v) is 4.23. The van der Waals surface area contributed by atoms with Crippen LogP contribution in [0.5, 0.6) is 0 Å². The first-order valence-electron chi connectivity index (χ1n) is 12.1. The Bertz CT molecular complexity index is 670. The van der Waals surface area contributed by atoms with Crippen LogP contribution in [0.15, 0.2) is 35.3 Å². The first-order chi connectivity index (χ1) is 15.5. The Hall–Kier alpha value is -1.71. The van der Waals surface area contributed by atoms with Gasteiger partial charge in [-0.15, -0.1) is 0 Å². The van der Waals surface area contributed by atoms with Gasteiger partial charge in [0.1, 0.15) is 0 Å². The zero-order chi connectivity index (χ0) is 22.7. The average Bonchev–Trinajstić information content (AvgIpc) is 2.80. The van der Waals surface area contributed by atoms with Crippen LogP contribution >= 0.6 is 0 Å². The summed E-state index contributed by atoms with van der Waals surface area (Å²) >= 11 is 0. The Morgan fingerprint density at radius 3 is 2.38 bits per heavy atom. The van der Waals surface area contributed by atoms with Crippen LogP contribution in [-0.4, -0.2) is 117 Å². The van der Waals surface area contributed by atoms with Gasteiger partial charge < -0.3 is 20.5 Å². The van der Waals surface area contributed by atoms with E-state index in [1.807, 2.05) is 6.92 Å². The summed E-state index contributed by atoms with van der Waals surface area (Å²) in [6.07, 6.45) is 0. The highest BCUT2D eigenvalue weighted by Gasteiger charge is 2.25. The van der Waals surface area contributed by atoms with Crippen molar-refractivity contribution in [3.8, 4) is 0 Å². The van der Waals surface area contributed by atoms with E-state index in [0.717, 1.165) is 84.6 Å². The molecular weight excluding hydrogens is 404 g/mol. The third-order valence-electron chi connectivity index (χ3n) is 6.02. The second-order valence-corrected chi connectivity index (χ2v) is 9.11. The predicted octanol–water partition coefficient (Wildman–Crippen LogP) is 0.443. The summed E-state index contributed by atoms with van der Waals surface area (Å²) < 4.78 is 5.39. The number of rotatable bonds is 10. The molecule has 2 fully saturated rings. The molecule has 0 saturated carbocycles. The van der Waals surface area contributed by atoms with E-state index < -0.39 is 5.60 Å². The van der Waals surface area contributed by atoms with Crippen LogP contribution in [0, 0.1) is 0 Å². The summed E-state index contributed by atoms with van der Waals surface area (Å²) in [6.45, 7) is 16.2. The van der Waals surface area contributed by atoms with Crippen molar-refractivity contribution < 1.29 is 9.84 Å². The molecule has 2 aliphatic rings. The van der Waals surface area contributed by atoms with Gasteiger partial charge in [0.25, 0.3) is 0 Å². The molecule has 0 amide bonds. The van der Waals surface area contributed by atoms with E-state index in [2.05, 4.69) is 67.6 Å². The Balaban J connectivity index is 1.36. The lowest BCUT2D eigenvalue weighted by atomic mass is 10.1. The van der Waals surface area contributed by atoms with E-state index in [9.17, 15) is 5.11 Å². The summed E-state index contributed by atoms with van der Waals surface area (Å²) in [6, 6.07) is 10.7. The van der Waals surface area contributed by atoms with Crippen molar-refractivity contribution in [2.45, 2.75) is 26.0 Å². The molecule has 2 saturated heterocycles.